The summed E-state index contributed by atoms with van der Waals surface area (Å²) in [4.78, 5) is 2.36. The molecule has 1 aliphatic carbocycles. The number of likely N-dealkylation sites (N-methyl/N-ethyl adjacent to an activating group) is 1. The minimum Gasteiger partial charge on any atom is -0.329 e. The van der Waals surface area contributed by atoms with Crippen molar-refractivity contribution in [2.24, 2.45) is 11.7 Å². The number of nitriles is 1. The molecule has 96 valence electrons. The maximum Gasteiger partial charge on any atom is 0.0991 e. The number of hydrogen-bond acceptors (Lipinski definition) is 3. The van der Waals surface area contributed by atoms with E-state index in [9.17, 15) is 0 Å². The van der Waals surface area contributed by atoms with Crippen LogP contribution in [-0.4, -0.2) is 24.5 Å². The highest BCUT2D eigenvalue weighted by Gasteiger charge is 2.34. The van der Waals surface area contributed by atoms with E-state index in [1.165, 1.54) is 18.4 Å². The van der Waals surface area contributed by atoms with Crippen molar-refractivity contribution in [1.29, 1.82) is 5.26 Å². The minimum absolute atomic E-state index is 0.299. The normalized spacial score (nSPS) is 18.4. The Balaban J connectivity index is 2.13. The largest absolute Gasteiger partial charge is 0.329 e. The maximum atomic E-state index is 8.95. The molecule has 1 fully saturated rings. The Morgan fingerprint density at radius 2 is 2.22 bits per heavy atom. The SMILES string of the molecule is CC(c1cccc(C#N)c1)N(C)C(CN)C1CC1. The molecule has 0 saturated heterocycles. The van der Waals surface area contributed by atoms with Gasteiger partial charge in [0.25, 0.3) is 0 Å². The number of nitrogens with zero attached hydrogens (tertiary/aromatic N) is 2. The Morgan fingerprint density at radius 1 is 1.50 bits per heavy atom. The maximum absolute atomic E-state index is 8.95. The Morgan fingerprint density at radius 3 is 2.78 bits per heavy atom. The summed E-state index contributed by atoms with van der Waals surface area (Å²) in [6, 6.07) is 10.8. The summed E-state index contributed by atoms with van der Waals surface area (Å²) in [6.45, 7) is 2.89. The number of nitrogens with two attached hydrogens (primary N) is 1. The summed E-state index contributed by atoms with van der Waals surface area (Å²) >= 11 is 0. The van der Waals surface area contributed by atoms with Gasteiger partial charge in [-0.1, -0.05) is 12.1 Å². The summed E-state index contributed by atoms with van der Waals surface area (Å²) in [6.07, 6.45) is 2.61. The molecule has 0 amide bonds. The second-order valence-electron chi connectivity index (χ2n) is 5.22. The lowest BCUT2D eigenvalue weighted by atomic mass is 10.0. The van der Waals surface area contributed by atoms with Gasteiger partial charge in [0.1, 0.15) is 0 Å². The fourth-order valence-corrected chi connectivity index (χ4v) is 2.56. The smallest absolute Gasteiger partial charge is 0.0991 e. The third-order valence-electron chi connectivity index (χ3n) is 4.04. The number of rotatable bonds is 5. The van der Waals surface area contributed by atoms with Gasteiger partial charge in [0.15, 0.2) is 0 Å². The predicted octanol–water partition coefficient (Wildman–Crippen LogP) is 2.29. The zero-order chi connectivity index (χ0) is 13.1. The second-order valence-corrected chi connectivity index (χ2v) is 5.22. The summed E-state index contributed by atoms with van der Waals surface area (Å²) < 4.78 is 0. The van der Waals surface area contributed by atoms with Crippen LogP contribution in [0.15, 0.2) is 24.3 Å². The molecular weight excluding hydrogens is 222 g/mol. The van der Waals surface area contributed by atoms with Gasteiger partial charge in [-0.15, -0.1) is 0 Å². The monoisotopic (exact) mass is 243 g/mol. The fraction of sp³-hybridized carbons (Fsp3) is 0.533. The summed E-state index contributed by atoms with van der Waals surface area (Å²) in [7, 11) is 2.14. The van der Waals surface area contributed by atoms with Gasteiger partial charge in [0.2, 0.25) is 0 Å². The number of hydrogen-bond donors (Lipinski definition) is 1. The van der Waals surface area contributed by atoms with Crippen molar-refractivity contribution in [2.75, 3.05) is 13.6 Å². The molecule has 0 bridgehead atoms. The average Bonchev–Trinajstić information content (AvgIpc) is 3.23. The standard InChI is InChI=1S/C15H21N3/c1-11(14-5-3-4-12(8-14)9-16)18(2)15(10-17)13-6-7-13/h3-5,8,11,13,15H,6-7,10,17H2,1-2H3. The summed E-state index contributed by atoms with van der Waals surface area (Å²) in [5.74, 6) is 0.765. The molecule has 0 aromatic heterocycles. The molecule has 3 heteroatoms. The molecule has 0 radical (unpaired) electrons. The van der Waals surface area contributed by atoms with E-state index in [0.717, 1.165) is 11.5 Å². The molecule has 2 rings (SSSR count). The lowest BCUT2D eigenvalue weighted by molar-refractivity contribution is 0.170. The molecule has 1 saturated carbocycles. The van der Waals surface area contributed by atoms with Crippen molar-refractivity contribution < 1.29 is 0 Å². The highest BCUT2D eigenvalue weighted by molar-refractivity contribution is 5.34. The van der Waals surface area contributed by atoms with Crippen molar-refractivity contribution in [3.05, 3.63) is 35.4 Å². The topological polar surface area (TPSA) is 53.0 Å². The lowest BCUT2D eigenvalue weighted by Gasteiger charge is -2.33. The summed E-state index contributed by atoms with van der Waals surface area (Å²) in [5, 5.41) is 8.95. The molecular formula is C15H21N3. The Hall–Kier alpha value is -1.37. The highest BCUT2D eigenvalue weighted by atomic mass is 15.2. The van der Waals surface area contributed by atoms with Crippen LogP contribution in [0.4, 0.5) is 0 Å². The van der Waals surface area contributed by atoms with Gasteiger partial charge >= 0.3 is 0 Å². The van der Waals surface area contributed by atoms with Crippen LogP contribution < -0.4 is 5.73 Å². The van der Waals surface area contributed by atoms with Crippen LogP contribution >= 0.6 is 0 Å². The van der Waals surface area contributed by atoms with Crippen LogP contribution in [-0.2, 0) is 0 Å². The van der Waals surface area contributed by atoms with E-state index >= 15 is 0 Å². The van der Waals surface area contributed by atoms with E-state index in [4.69, 9.17) is 11.0 Å². The van der Waals surface area contributed by atoms with E-state index in [0.29, 0.717) is 18.6 Å². The van der Waals surface area contributed by atoms with Gasteiger partial charge < -0.3 is 5.73 Å². The average molecular weight is 243 g/mol. The van der Waals surface area contributed by atoms with E-state index in [2.05, 4.69) is 31.0 Å². The van der Waals surface area contributed by atoms with E-state index in [1.54, 1.807) is 0 Å². The first kappa shape index (κ1) is 13.1. The van der Waals surface area contributed by atoms with Crippen LogP contribution in [0.1, 0.15) is 36.9 Å². The molecule has 18 heavy (non-hydrogen) atoms. The van der Waals surface area contributed by atoms with Crippen molar-refractivity contribution in [3.8, 4) is 6.07 Å². The molecule has 1 aromatic rings. The van der Waals surface area contributed by atoms with Crippen molar-refractivity contribution in [1.82, 2.24) is 4.90 Å². The molecule has 1 aliphatic rings. The van der Waals surface area contributed by atoms with Gasteiger partial charge in [-0.05, 0) is 50.4 Å². The predicted molar refractivity (Wildman–Crippen MR) is 72.9 cm³/mol. The van der Waals surface area contributed by atoms with Gasteiger partial charge in [0.05, 0.1) is 11.6 Å². The molecule has 3 nitrogen and oxygen atoms in total. The van der Waals surface area contributed by atoms with Crippen LogP contribution in [0.2, 0.25) is 0 Å². The van der Waals surface area contributed by atoms with Crippen LogP contribution in [0.5, 0.6) is 0 Å². The molecule has 2 N–H and O–H groups in total. The Bertz CT molecular complexity index is 445. The van der Waals surface area contributed by atoms with Crippen LogP contribution in [0.25, 0.3) is 0 Å². The molecule has 1 aromatic carbocycles. The molecule has 0 heterocycles. The molecule has 0 spiro atoms. The van der Waals surface area contributed by atoms with E-state index in [-0.39, 0.29) is 0 Å². The van der Waals surface area contributed by atoms with Gasteiger partial charge in [-0.25, -0.2) is 0 Å². The highest BCUT2D eigenvalue weighted by Crippen LogP contribution is 2.37. The molecule has 2 unspecified atom stereocenters. The van der Waals surface area contributed by atoms with Crippen molar-refractivity contribution in [3.63, 3.8) is 0 Å². The first-order valence-electron chi connectivity index (χ1n) is 6.59. The molecule has 0 aliphatic heterocycles. The van der Waals surface area contributed by atoms with Crippen molar-refractivity contribution in [2.45, 2.75) is 31.8 Å². The Labute approximate surface area is 109 Å². The van der Waals surface area contributed by atoms with Gasteiger partial charge in [-0.3, -0.25) is 4.90 Å². The van der Waals surface area contributed by atoms with E-state index in [1.807, 2.05) is 18.2 Å². The number of benzene rings is 1. The van der Waals surface area contributed by atoms with Gasteiger partial charge in [0, 0.05) is 18.6 Å². The quantitative estimate of drug-likeness (QED) is 0.863. The second kappa shape index (κ2) is 5.51. The van der Waals surface area contributed by atoms with Crippen molar-refractivity contribution >= 4 is 0 Å². The lowest BCUT2D eigenvalue weighted by Crippen LogP contribution is -2.41. The minimum atomic E-state index is 0.299. The van der Waals surface area contributed by atoms with Crippen LogP contribution in [0.3, 0.4) is 0 Å². The Kier molecular flexibility index (Phi) is 4.00. The molecule has 2 atom stereocenters. The van der Waals surface area contributed by atoms with Crippen LogP contribution in [0, 0.1) is 17.2 Å². The first-order chi connectivity index (χ1) is 8.67. The zero-order valence-corrected chi connectivity index (χ0v) is 11.1. The summed E-state index contributed by atoms with van der Waals surface area (Å²) in [5.41, 5.74) is 7.81. The first-order valence-corrected chi connectivity index (χ1v) is 6.59. The third-order valence-corrected chi connectivity index (χ3v) is 4.04. The fourth-order valence-electron chi connectivity index (χ4n) is 2.56. The van der Waals surface area contributed by atoms with E-state index < -0.39 is 0 Å². The van der Waals surface area contributed by atoms with Gasteiger partial charge in [-0.2, -0.15) is 5.26 Å². The zero-order valence-electron chi connectivity index (χ0n) is 11.1. The third kappa shape index (κ3) is 2.72.